The number of carbonyl (C=O) groups excluding carboxylic acids is 1. The Hall–Kier alpha value is -1.88. The lowest BCUT2D eigenvalue weighted by molar-refractivity contribution is -0.117. The number of hydrogen-bond acceptors (Lipinski definition) is 3. The first kappa shape index (κ1) is 12.8. The van der Waals surface area contributed by atoms with E-state index in [-0.39, 0.29) is 11.9 Å². The number of benzene rings is 1. The topological polar surface area (TPSA) is 69.8 Å². The van der Waals surface area contributed by atoms with Crippen molar-refractivity contribution in [3.05, 3.63) is 24.4 Å². The largest absolute Gasteiger partial charge is 0.325 e. The number of H-pyrrole nitrogens is 1. The van der Waals surface area contributed by atoms with Gasteiger partial charge in [0.05, 0.1) is 17.8 Å². The Morgan fingerprint density at radius 3 is 3.10 bits per heavy atom. The quantitative estimate of drug-likeness (QED) is 0.793. The van der Waals surface area contributed by atoms with Crippen LogP contribution in [0.5, 0.6) is 0 Å². The molecule has 4 rings (SSSR count). The fourth-order valence-electron chi connectivity index (χ4n) is 3.77. The number of hydrogen-bond donors (Lipinski definition) is 3. The van der Waals surface area contributed by atoms with Crippen LogP contribution in [0, 0.1) is 5.92 Å². The molecule has 110 valence electrons. The van der Waals surface area contributed by atoms with Gasteiger partial charge in [-0.3, -0.25) is 9.89 Å². The first-order valence-corrected chi connectivity index (χ1v) is 7.79. The Bertz CT molecular complexity index is 651. The first-order valence-electron chi connectivity index (χ1n) is 7.79. The number of aromatic nitrogens is 2. The second-order valence-corrected chi connectivity index (χ2v) is 6.27. The van der Waals surface area contributed by atoms with Crippen LogP contribution in [0.15, 0.2) is 24.4 Å². The van der Waals surface area contributed by atoms with Gasteiger partial charge >= 0.3 is 0 Å². The van der Waals surface area contributed by atoms with Crippen molar-refractivity contribution in [2.75, 3.05) is 5.32 Å². The summed E-state index contributed by atoms with van der Waals surface area (Å²) in [6, 6.07) is 6.33. The molecule has 3 atom stereocenters. The van der Waals surface area contributed by atoms with Gasteiger partial charge in [0.25, 0.3) is 0 Å². The van der Waals surface area contributed by atoms with Crippen LogP contribution in [0.4, 0.5) is 5.69 Å². The van der Waals surface area contributed by atoms with Crippen molar-refractivity contribution in [2.24, 2.45) is 5.92 Å². The van der Waals surface area contributed by atoms with Gasteiger partial charge in [0.2, 0.25) is 5.91 Å². The summed E-state index contributed by atoms with van der Waals surface area (Å²) in [5.74, 6) is 0.771. The molecule has 1 saturated heterocycles. The lowest BCUT2D eigenvalue weighted by atomic mass is 9.85. The smallest absolute Gasteiger partial charge is 0.241 e. The molecule has 3 unspecified atom stereocenters. The summed E-state index contributed by atoms with van der Waals surface area (Å²) >= 11 is 0. The molecule has 5 nitrogen and oxygen atoms in total. The molecule has 1 saturated carbocycles. The fourth-order valence-corrected chi connectivity index (χ4v) is 3.77. The first-order chi connectivity index (χ1) is 10.3. The normalized spacial score (nSPS) is 28.5. The monoisotopic (exact) mass is 284 g/mol. The van der Waals surface area contributed by atoms with Crippen LogP contribution in [0.2, 0.25) is 0 Å². The van der Waals surface area contributed by atoms with Crippen LogP contribution in [0.25, 0.3) is 10.9 Å². The molecule has 1 aliphatic heterocycles. The molecule has 3 N–H and O–H groups in total. The molecule has 2 aliphatic rings. The molecule has 1 amide bonds. The number of carbonyl (C=O) groups is 1. The minimum absolute atomic E-state index is 0.0458. The van der Waals surface area contributed by atoms with Crippen LogP contribution >= 0.6 is 0 Å². The van der Waals surface area contributed by atoms with Gasteiger partial charge in [-0.15, -0.1) is 0 Å². The summed E-state index contributed by atoms with van der Waals surface area (Å²) in [6.45, 7) is 0. The predicted octanol–water partition coefficient (Wildman–Crippen LogP) is 2.42. The zero-order valence-corrected chi connectivity index (χ0v) is 11.9. The zero-order valence-electron chi connectivity index (χ0n) is 11.9. The Morgan fingerprint density at radius 1 is 1.29 bits per heavy atom. The Balaban J connectivity index is 1.45. The summed E-state index contributed by atoms with van der Waals surface area (Å²) in [4.78, 5) is 12.4. The third kappa shape index (κ3) is 2.42. The van der Waals surface area contributed by atoms with Crippen LogP contribution < -0.4 is 10.6 Å². The van der Waals surface area contributed by atoms with Crippen molar-refractivity contribution in [1.82, 2.24) is 15.5 Å². The van der Waals surface area contributed by atoms with E-state index in [9.17, 15) is 4.79 Å². The van der Waals surface area contributed by atoms with E-state index in [1.807, 2.05) is 18.2 Å². The molecule has 2 heterocycles. The molecule has 1 aromatic heterocycles. The molecule has 0 bridgehead atoms. The number of aromatic amines is 1. The Kier molecular flexibility index (Phi) is 3.15. The fraction of sp³-hybridized carbons (Fsp3) is 0.500. The number of fused-ring (bicyclic) bond motifs is 2. The predicted molar refractivity (Wildman–Crippen MR) is 82.0 cm³/mol. The second kappa shape index (κ2) is 5.15. The van der Waals surface area contributed by atoms with E-state index < -0.39 is 0 Å². The molecule has 0 radical (unpaired) electrons. The van der Waals surface area contributed by atoms with Crippen molar-refractivity contribution in [3.8, 4) is 0 Å². The van der Waals surface area contributed by atoms with Crippen LogP contribution in [-0.4, -0.2) is 28.2 Å². The van der Waals surface area contributed by atoms with Crippen LogP contribution in [-0.2, 0) is 4.79 Å². The average Bonchev–Trinajstić information content (AvgIpc) is 3.13. The van der Waals surface area contributed by atoms with Gasteiger partial charge in [0.15, 0.2) is 0 Å². The van der Waals surface area contributed by atoms with Gasteiger partial charge in [-0.2, -0.15) is 5.10 Å². The highest BCUT2D eigenvalue weighted by atomic mass is 16.2. The van der Waals surface area contributed by atoms with E-state index in [0.29, 0.717) is 12.0 Å². The van der Waals surface area contributed by atoms with Gasteiger partial charge < -0.3 is 10.6 Å². The molecule has 5 heteroatoms. The van der Waals surface area contributed by atoms with Crippen LogP contribution in [0.3, 0.4) is 0 Å². The highest BCUT2D eigenvalue weighted by Crippen LogP contribution is 2.33. The third-order valence-electron chi connectivity index (χ3n) is 4.89. The lowest BCUT2D eigenvalue weighted by Gasteiger charge is -2.24. The number of nitrogens with one attached hydrogen (secondary N) is 3. The van der Waals surface area contributed by atoms with Crippen molar-refractivity contribution < 1.29 is 4.79 Å². The minimum Gasteiger partial charge on any atom is -0.325 e. The van der Waals surface area contributed by atoms with E-state index in [4.69, 9.17) is 0 Å². The highest BCUT2D eigenvalue weighted by Gasteiger charge is 2.38. The van der Waals surface area contributed by atoms with E-state index in [1.165, 1.54) is 25.7 Å². The number of rotatable bonds is 2. The van der Waals surface area contributed by atoms with Crippen molar-refractivity contribution in [3.63, 3.8) is 0 Å². The van der Waals surface area contributed by atoms with Crippen molar-refractivity contribution >= 4 is 22.5 Å². The molecule has 1 aliphatic carbocycles. The lowest BCUT2D eigenvalue weighted by Crippen LogP contribution is -2.39. The van der Waals surface area contributed by atoms with Crippen molar-refractivity contribution in [1.29, 1.82) is 0 Å². The maximum Gasteiger partial charge on any atom is 0.241 e. The molecule has 2 fully saturated rings. The molecule has 1 aromatic carbocycles. The van der Waals surface area contributed by atoms with E-state index in [1.54, 1.807) is 6.20 Å². The summed E-state index contributed by atoms with van der Waals surface area (Å²) < 4.78 is 0. The minimum atomic E-state index is -0.0458. The van der Waals surface area contributed by atoms with Crippen LogP contribution in [0.1, 0.15) is 32.1 Å². The maximum absolute atomic E-state index is 12.4. The van der Waals surface area contributed by atoms with E-state index >= 15 is 0 Å². The van der Waals surface area contributed by atoms with E-state index in [0.717, 1.165) is 23.0 Å². The SMILES string of the molecule is O=C(Nc1ccc2cn[nH]c2c1)C1CC2CCCCC2N1. The standard InChI is InChI=1S/C16H20N4O/c21-16(15-7-10-3-1-2-4-13(10)19-15)18-12-6-5-11-9-17-20-14(11)8-12/h5-6,8-10,13,15,19H,1-4,7H2,(H,17,20)(H,18,21). The van der Waals surface area contributed by atoms with Crippen molar-refractivity contribution in [2.45, 2.75) is 44.2 Å². The van der Waals surface area contributed by atoms with Gasteiger partial charge in [-0.05, 0) is 43.4 Å². The number of nitrogens with zero attached hydrogens (tertiary/aromatic N) is 1. The third-order valence-corrected chi connectivity index (χ3v) is 4.89. The summed E-state index contributed by atoms with van der Waals surface area (Å²) in [5.41, 5.74) is 1.77. The van der Waals surface area contributed by atoms with E-state index in [2.05, 4.69) is 20.8 Å². The molecule has 2 aromatic rings. The maximum atomic E-state index is 12.4. The second-order valence-electron chi connectivity index (χ2n) is 6.27. The van der Waals surface area contributed by atoms with Gasteiger partial charge in [0, 0.05) is 17.1 Å². The zero-order chi connectivity index (χ0) is 14.2. The molecular weight excluding hydrogens is 264 g/mol. The average molecular weight is 284 g/mol. The number of anilines is 1. The highest BCUT2D eigenvalue weighted by molar-refractivity contribution is 5.96. The van der Waals surface area contributed by atoms with Gasteiger partial charge in [-0.1, -0.05) is 12.8 Å². The van der Waals surface area contributed by atoms with Gasteiger partial charge in [0.1, 0.15) is 0 Å². The summed E-state index contributed by atoms with van der Waals surface area (Å²) in [5, 5.41) is 14.5. The summed E-state index contributed by atoms with van der Waals surface area (Å²) in [7, 11) is 0. The molecular formula is C16H20N4O. The molecule has 0 spiro atoms. The number of amides is 1. The Labute approximate surface area is 123 Å². The van der Waals surface area contributed by atoms with Gasteiger partial charge in [-0.25, -0.2) is 0 Å². The Morgan fingerprint density at radius 2 is 2.19 bits per heavy atom. The summed E-state index contributed by atoms with van der Waals surface area (Å²) in [6.07, 6.45) is 7.84. The molecule has 21 heavy (non-hydrogen) atoms.